The molecule has 16 heteroatoms. The van der Waals surface area contributed by atoms with Crippen LogP contribution in [0.25, 0.3) is 11.4 Å². The highest BCUT2D eigenvalue weighted by Crippen LogP contribution is 2.40. The summed E-state index contributed by atoms with van der Waals surface area (Å²) in [6.07, 6.45) is 3.54. The molecule has 0 radical (unpaired) electrons. The summed E-state index contributed by atoms with van der Waals surface area (Å²) in [6.45, 7) is 1.95. The number of fused-ring (bicyclic) bond motifs is 1. The Kier molecular flexibility index (Phi) is 6.81. The average Bonchev–Trinajstić information content (AvgIpc) is 3.53. The number of amides is 2. The summed E-state index contributed by atoms with van der Waals surface area (Å²) in [5.74, 6) is -1.19. The van der Waals surface area contributed by atoms with E-state index in [2.05, 4.69) is 25.6 Å². The van der Waals surface area contributed by atoms with Gasteiger partial charge in [-0.1, -0.05) is 10.3 Å². The van der Waals surface area contributed by atoms with Gasteiger partial charge in [-0.3, -0.25) is 14.5 Å². The molecule has 3 aromatic rings. The Hall–Kier alpha value is -4.31. The van der Waals surface area contributed by atoms with E-state index in [-0.39, 0.29) is 28.8 Å². The maximum atomic E-state index is 13.0. The number of thiazole rings is 1. The number of nitrogen functional groups attached to an aromatic ring is 1. The van der Waals surface area contributed by atoms with Crippen molar-refractivity contribution in [1.29, 1.82) is 0 Å². The number of pyridine rings is 1. The predicted octanol–water partition coefficient (Wildman–Crippen LogP) is 0.161. The van der Waals surface area contributed by atoms with Gasteiger partial charge >= 0.3 is 5.97 Å². The second kappa shape index (κ2) is 10.2. The Morgan fingerprint density at radius 2 is 2.13 bits per heavy atom. The zero-order valence-electron chi connectivity index (χ0n) is 20.0. The fourth-order valence-electron chi connectivity index (χ4n) is 4.06. The number of carboxylic acid groups (broad SMARTS) is 1. The van der Waals surface area contributed by atoms with Gasteiger partial charge in [0.15, 0.2) is 29.8 Å². The lowest BCUT2D eigenvalue weighted by Gasteiger charge is -2.49. The molecule has 0 bridgehead atoms. The van der Waals surface area contributed by atoms with Gasteiger partial charge in [0.2, 0.25) is 11.7 Å². The Bertz CT molecular complexity index is 1480. The number of nitrogens with one attached hydrogen (secondary N) is 1. The summed E-state index contributed by atoms with van der Waals surface area (Å²) in [5.41, 5.74) is 6.93. The number of aromatic nitrogens is 4. The number of anilines is 1. The van der Waals surface area contributed by atoms with Crippen LogP contribution in [-0.2, 0) is 25.8 Å². The number of hydrogen-bond donors (Lipinski definition) is 3. The Morgan fingerprint density at radius 3 is 2.74 bits per heavy atom. The van der Waals surface area contributed by atoms with E-state index in [9.17, 15) is 19.5 Å². The van der Waals surface area contributed by atoms with Gasteiger partial charge in [-0.2, -0.15) is 4.98 Å². The van der Waals surface area contributed by atoms with Crippen LogP contribution in [0.4, 0.5) is 5.13 Å². The van der Waals surface area contributed by atoms with Crippen LogP contribution in [0.2, 0.25) is 0 Å². The molecule has 1 saturated heterocycles. The van der Waals surface area contributed by atoms with Gasteiger partial charge < -0.3 is 25.5 Å². The summed E-state index contributed by atoms with van der Waals surface area (Å²) >= 11 is 2.49. The van der Waals surface area contributed by atoms with E-state index in [0.29, 0.717) is 23.0 Å². The van der Waals surface area contributed by atoms with E-state index in [4.69, 9.17) is 15.1 Å². The van der Waals surface area contributed by atoms with Gasteiger partial charge in [0.1, 0.15) is 29.9 Å². The van der Waals surface area contributed by atoms with Crippen LogP contribution in [0.5, 0.6) is 0 Å². The molecule has 2 amide bonds. The molecular weight excluding hydrogens is 536 g/mol. The molecular formula is C22H21N8O6S2+. The van der Waals surface area contributed by atoms with Crippen molar-refractivity contribution < 1.29 is 33.4 Å². The third kappa shape index (κ3) is 4.70. The van der Waals surface area contributed by atoms with Crippen molar-refractivity contribution in [3.05, 3.63) is 52.8 Å². The van der Waals surface area contributed by atoms with E-state index in [1.54, 1.807) is 41.4 Å². The number of thioether (sulfide) groups is 1. The SMILES string of the molecule is CO/N=C(\C(=O)N[C@@H]1C(=O)N2C(C(=O)O)=C(C[n+]3ccc(-c4noc(C)n4)cc3)CS[C@H]12)c1csc(N)n1. The first-order valence-electron chi connectivity index (χ1n) is 11.1. The first kappa shape index (κ1) is 25.3. The molecule has 0 spiro atoms. The number of carbonyl (C=O) groups excluding carboxylic acids is 2. The zero-order valence-corrected chi connectivity index (χ0v) is 21.7. The van der Waals surface area contributed by atoms with Gasteiger partial charge in [-0.05, 0) is 0 Å². The third-order valence-corrected chi connectivity index (χ3v) is 7.76. The minimum Gasteiger partial charge on any atom is -0.477 e. The lowest BCUT2D eigenvalue weighted by molar-refractivity contribution is -0.689. The minimum absolute atomic E-state index is 0.0901. The Labute approximate surface area is 223 Å². The highest BCUT2D eigenvalue weighted by molar-refractivity contribution is 8.00. The lowest BCUT2D eigenvalue weighted by atomic mass is 10.0. The highest BCUT2D eigenvalue weighted by atomic mass is 32.2. The summed E-state index contributed by atoms with van der Waals surface area (Å²) in [5, 5.41) is 21.4. The first-order chi connectivity index (χ1) is 18.3. The standard InChI is InChI=1S/C22H20N8O6S2/c1-10-24-17(28-36-10)11-3-5-29(6-4-11)7-12-8-37-20-15(19(32)30(20)16(12)21(33)34)26-18(31)14(27-35-2)13-9-38-22(23)25-13/h3-6,9,15,20H,7-8H2,1-2H3,(H3-,23,25,26,31,33,34)/p+1/b27-14-/t15-,20-/m1/s1. The number of aryl methyl sites for hydroxylation is 1. The second-order valence-corrected chi connectivity index (χ2v) is 10.2. The fraction of sp³-hybridized carbons (Fsp3) is 0.273. The van der Waals surface area contributed by atoms with Gasteiger partial charge in [-0.25, -0.2) is 14.3 Å². The van der Waals surface area contributed by atoms with Crippen molar-refractivity contribution in [3.8, 4) is 11.4 Å². The van der Waals surface area contributed by atoms with E-state index in [0.717, 1.165) is 16.9 Å². The van der Waals surface area contributed by atoms with Crippen molar-refractivity contribution in [1.82, 2.24) is 25.3 Å². The van der Waals surface area contributed by atoms with Gasteiger partial charge in [0.25, 0.3) is 11.8 Å². The Balaban J connectivity index is 1.32. The van der Waals surface area contributed by atoms with Crippen molar-refractivity contribution in [2.24, 2.45) is 5.16 Å². The van der Waals surface area contributed by atoms with Crippen LogP contribution in [-0.4, -0.2) is 72.9 Å². The minimum atomic E-state index is -1.22. The summed E-state index contributed by atoms with van der Waals surface area (Å²) in [6, 6.07) is 2.64. The maximum absolute atomic E-state index is 13.0. The average molecular weight is 558 g/mol. The number of rotatable bonds is 8. The quantitative estimate of drug-likeness (QED) is 0.148. The normalized spacial score (nSPS) is 19.2. The van der Waals surface area contributed by atoms with Gasteiger partial charge in [-0.15, -0.1) is 23.1 Å². The van der Waals surface area contributed by atoms with E-state index in [1.807, 2.05) is 0 Å². The molecule has 14 nitrogen and oxygen atoms in total. The number of hydrogen-bond acceptors (Lipinski definition) is 12. The number of β-lactam (4-membered cyclic amide) rings is 1. The van der Waals surface area contributed by atoms with Crippen LogP contribution in [0, 0.1) is 6.92 Å². The van der Waals surface area contributed by atoms with Crippen molar-refractivity contribution in [2.45, 2.75) is 24.9 Å². The molecule has 0 aliphatic carbocycles. The molecule has 2 aliphatic heterocycles. The summed E-state index contributed by atoms with van der Waals surface area (Å²) in [7, 11) is 1.28. The molecule has 0 saturated carbocycles. The Morgan fingerprint density at radius 1 is 1.37 bits per heavy atom. The first-order valence-corrected chi connectivity index (χ1v) is 13.0. The largest absolute Gasteiger partial charge is 0.477 e. The maximum Gasteiger partial charge on any atom is 0.352 e. The van der Waals surface area contributed by atoms with Gasteiger partial charge in [0, 0.05) is 41.3 Å². The van der Waals surface area contributed by atoms with Crippen LogP contribution in [0.3, 0.4) is 0 Å². The van der Waals surface area contributed by atoms with E-state index >= 15 is 0 Å². The van der Waals surface area contributed by atoms with Crippen molar-refractivity contribution in [3.63, 3.8) is 0 Å². The van der Waals surface area contributed by atoms with Crippen molar-refractivity contribution >= 4 is 51.7 Å². The summed E-state index contributed by atoms with van der Waals surface area (Å²) < 4.78 is 6.80. The topological polar surface area (TPSA) is 190 Å². The smallest absolute Gasteiger partial charge is 0.352 e. The van der Waals surface area contributed by atoms with E-state index in [1.165, 1.54) is 23.8 Å². The number of aliphatic carboxylic acids is 1. The molecule has 196 valence electrons. The molecule has 5 heterocycles. The molecule has 2 atom stereocenters. The molecule has 3 aromatic heterocycles. The monoisotopic (exact) mass is 557 g/mol. The second-order valence-electron chi connectivity index (χ2n) is 8.21. The fourth-order valence-corrected chi connectivity index (χ4v) is 5.94. The summed E-state index contributed by atoms with van der Waals surface area (Å²) in [4.78, 5) is 52.3. The van der Waals surface area contributed by atoms with Crippen LogP contribution < -0.4 is 15.6 Å². The number of carboxylic acids is 1. The number of nitrogens with zero attached hydrogens (tertiary/aromatic N) is 6. The molecule has 2 aliphatic rings. The lowest BCUT2D eigenvalue weighted by Crippen LogP contribution is -2.71. The zero-order chi connectivity index (χ0) is 27.0. The van der Waals surface area contributed by atoms with Gasteiger partial charge in [0.05, 0.1) is 0 Å². The van der Waals surface area contributed by atoms with E-state index < -0.39 is 29.2 Å². The molecule has 38 heavy (non-hydrogen) atoms. The predicted molar refractivity (Wildman–Crippen MR) is 134 cm³/mol. The highest BCUT2D eigenvalue weighted by Gasteiger charge is 2.54. The van der Waals surface area contributed by atoms with Crippen LogP contribution in [0.1, 0.15) is 11.6 Å². The third-order valence-electron chi connectivity index (χ3n) is 5.75. The molecule has 1 fully saturated rings. The molecule has 0 unspecified atom stereocenters. The van der Waals surface area contributed by atoms with Crippen molar-refractivity contribution in [2.75, 3.05) is 18.6 Å². The van der Waals surface area contributed by atoms with Crippen LogP contribution >= 0.6 is 23.1 Å². The molecule has 4 N–H and O–H groups in total. The van der Waals surface area contributed by atoms with Crippen LogP contribution in [0.15, 0.2) is 50.9 Å². The molecule has 5 rings (SSSR count). The number of nitrogens with two attached hydrogens (primary N) is 1. The number of carbonyl (C=O) groups is 3. The number of oxime groups is 1. The molecule has 0 aromatic carbocycles.